The highest BCUT2D eigenvalue weighted by molar-refractivity contribution is 5.76. The van der Waals surface area contributed by atoms with E-state index in [1.165, 1.54) is 0 Å². The summed E-state index contributed by atoms with van der Waals surface area (Å²) in [5.74, 6) is -0.783. The fourth-order valence-electron chi connectivity index (χ4n) is 2.62. The molecule has 1 N–H and O–H groups in total. The summed E-state index contributed by atoms with van der Waals surface area (Å²) in [5, 5.41) is 9.38. The van der Waals surface area contributed by atoms with Crippen LogP contribution in [0.15, 0.2) is 0 Å². The van der Waals surface area contributed by atoms with Gasteiger partial charge >= 0.3 is 12.0 Å². The van der Waals surface area contributed by atoms with Gasteiger partial charge in [0.15, 0.2) is 0 Å². The second-order valence-electron chi connectivity index (χ2n) is 7.32. The Morgan fingerprint density at radius 1 is 1.29 bits per heavy atom. The summed E-state index contributed by atoms with van der Waals surface area (Å²) in [7, 11) is 1.83. The monoisotopic (exact) mass is 298 g/mol. The van der Waals surface area contributed by atoms with Crippen molar-refractivity contribution < 1.29 is 14.7 Å². The standard InChI is InChI=1S/C16H30N2O3/c1-7-15(2,3)17(6)14(21)18-10-8-9-12(11-18)16(4,5)13(19)20/h12H,7-11H2,1-6H3,(H,19,20). The molecular weight excluding hydrogens is 268 g/mol. The van der Waals surface area contributed by atoms with Crippen molar-refractivity contribution in [1.82, 2.24) is 9.80 Å². The van der Waals surface area contributed by atoms with E-state index in [0.717, 1.165) is 25.8 Å². The lowest BCUT2D eigenvalue weighted by Gasteiger charge is -2.43. The lowest BCUT2D eigenvalue weighted by molar-refractivity contribution is -0.151. The molecule has 0 aliphatic carbocycles. The Bertz CT molecular complexity index is 404. The third-order valence-electron chi connectivity index (χ3n) is 5.32. The molecule has 1 saturated heterocycles. The number of carboxylic acid groups (broad SMARTS) is 1. The number of nitrogens with zero attached hydrogens (tertiary/aromatic N) is 2. The molecule has 122 valence electrons. The van der Waals surface area contributed by atoms with Crippen LogP contribution in [-0.4, -0.2) is 52.6 Å². The van der Waals surface area contributed by atoms with Crippen molar-refractivity contribution in [3.63, 3.8) is 0 Å². The number of hydrogen-bond acceptors (Lipinski definition) is 2. The lowest BCUT2D eigenvalue weighted by atomic mass is 9.74. The average Bonchev–Trinajstić information content (AvgIpc) is 2.45. The van der Waals surface area contributed by atoms with Crippen LogP contribution < -0.4 is 0 Å². The maximum Gasteiger partial charge on any atom is 0.320 e. The smallest absolute Gasteiger partial charge is 0.320 e. The SMILES string of the molecule is CCC(C)(C)N(C)C(=O)N1CCCC(C(C)(C)C(=O)O)C1. The number of hydrogen-bond donors (Lipinski definition) is 1. The van der Waals surface area contributed by atoms with Gasteiger partial charge in [0.05, 0.1) is 5.41 Å². The lowest BCUT2D eigenvalue weighted by Crippen LogP contribution is -2.54. The zero-order valence-corrected chi connectivity index (χ0v) is 14.3. The van der Waals surface area contributed by atoms with E-state index in [0.29, 0.717) is 6.54 Å². The number of carbonyl (C=O) groups is 2. The first-order valence-corrected chi connectivity index (χ1v) is 7.80. The number of rotatable bonds is 4. The molecule has 5 nitrogen and oxygen atoms in total. The Balaban J connectivity index is 2.82. The molecule has 5 heteroatoms. The molecule has 1 aliphatic rings. The minimum absolute atomic E-state index is 0.00541. The van der Waals surface area contributed by atoms with Crippen LogP contribution in [-0.2, 0) is 4.79 Å². The van der Waals surface area contributed by atoms with Gasteiger partial charge in [-0.2, -0.15) is 0 Å². The summed E-state index contributed by atoms with van der Waals surface area (Å²) < 4.78 is 0. The van der Waals surface area contributed by atoms with E-state index in [1.54, 1.807) is 18.7 Å². The van der Waals surface area contributed by atoms with Gasteiger partial charge in [-0.05, 0) is 52.9 Å². The second-order valence-corrected chi connectivity index (χ2v) is 7.32. The topological polar surface area (TPSA) is 60.9 Å². The van der Waals surface area contributed by atoms with Gasteiger partial charge in [0.1, 0.15) is 0 Å². The largest absolute Gasteiger partial charge is 0.481 e. The van der Waals surface area contributed by atoms with E-state index in [4.69, 9.17) is 0 Å². The van der Waals surface area contributed by atoms with E-state index in [9.17, 15) is 14.7 Å². The molecule has 0 aromatic carbocycles. The van der Waals surface area contributed by atoms with Crippen molar-refractivity contribution in [2.24, 2.45) is 11.3 Å². The second kappa shape index (κ2) is 6.24. The van der Waals surface area contributed by atoms with Crippen LogP contribution in [0.1, 0.15) is 53.9 Å². The van der Waals surface area contributed by atoms with Crippen molar-refractivity contribution >= 4 is 12.0 Å². The van der Waals surface area contributed by atoms with Gasteiger partial charge < -0.3 is 14.9 Å². The summed E-state index contributed by atoms with van der Waals surface area (Å²) in [4.78, 5) is 27.7. The minimum atomic E-state index is -0.794. The normalized spacial score (nSPS) is 20.3. The predicted octanol–water partition coefficient (Wildman–Crippen LogP) is 3.05. The highest BCUT2D eigenvalue weighted by atomic mass is 16.4. The van der Waals surface area contributed by atoms with Crippen molar-refractivity contribution in [3.05, 3.63) is 0 Å². The van der Waals surface area contributed by atoms with E-state index >= 15 is 0 Å². The zero-order chi connectivity index (χ0) is 16.4. The molecule has 1 unspecified atom stereocenters. The van der Waals surface area contributed by atoms with Crippen LogP contribution in [0.25, 0.3) is 0 Å². The van der Waals surface area contributed by atoms with Crippen LogP contribution in [0.3, 0.4) is 0 Å². The number of aliphatic carboxylic acids is 1. The van der Waals surface area contributed by atoms with Gasteiger partial charge in [0.2, 0.25) is 0 Å². The van der Waals surface area contributed by atoms with Gasteiger partial charge in [-0.3, -0.25) is 4.79 Å². The summed E-state index contributed by atoms with van der Waals surface area (Å²) in [6.45, 7) is 10.9. The van der Waals surface area contributed by atoms with Crippen molar-refractivity contribution in [1.29, 1.82) is 0 Å². The number of piperidine rings is 1. The minimum Gasteiger partial charge on any atom is -0.481 e. The summed E-state index contributed by atoms with van der Waals surface area (Å²) in [5.41, 5.74) is -0.982. The van der Waals surface area contributed by atoms with E-state index in [1.807, 2.05) is 25.8 Å². The maximum absolute atomic E-state index is 12.7. The van der Waals surface area contributed by atoms with Gasteiger partial charge in [-0.15, -0.1) is 0 Å². The number of carbonyl (C=O) groups excluding carboxylic acids is 1. The van der Waals surface area contributed by atoms with Crippen LogP contribution in [0.2, 0.25) is 0 Å². The molecule has 0 radical (unpaired) electrons. The molecule has 1 heterocycles. The number of amides is 2. The quantitative estimate of drug-likeness (QED) is 0.867. The Kier molecular flexibility index (Phi) is 5.29. The van der Waals surface area contributed by atoms with E-state index < -0.39 is 11.4 Å². The molecule has 0 saturated carbocycles. The van der Waals surface area contributed by atoms with Gasteiger partial charge in [-0.25, -0.2) is 4.79 Å². The number of likely N-dealkylation sites (tertiary alicyclic amines) is 1. The van der Waals surface area contributed by atoms with Crippen LogP contribution in [0.5, 0.6) is 0 Å². The summed E-state index contributed by atoms with van der Waals surface area (Å²) in [6.07, 6.45) is 2.62. The first-order valence-electron chi connectivity index (χ1n) is 7.80. The molecule has 1 fully saturated rings. The first kappa shape index (κ1) is 17.8. The molecule has 21 heavy (non-hydrogen) atoms. The van der Waals surface area contributed by atoms with Crippen LogP contribution in [0.4, 0.5) is 4.79 Å². The number of urea groups is 1. The molecule has 1 rings (SSSR count). The highest BCUT2D eigenvalue weighted by Crippen LogP contribution is 2.34. The molecule has 0 bridgehead atoms. The third kappa shape index (κ3) is 3.69. The van der Waals surface area contributed by atoms with Crippen LogP contribution in [0, 0.1) is 11.3 Å². The van der Waals surface area contributed by atoms with Crippen molar-refractivity contribution in [2.75, 3.05) is 20.1 Å². The fourth-order valence-corrected chi connectivity index (χ4v) is 2.62. The molecule has 1 atom stereocenters. The van der Waals surface area contributed by atoms with Gasteiger partial charge in [-0.1, -0.05) is 6.92 Å². The summed E-state index contributed by atoms with van der Waals surface area (Å²) in [6, 6.07) is 0.00717. The maximum atomic E-state index is 12.7. The first-order chi connectivity index (χ1) is 9.54. The Morgan fingerprint density at radius 3 is 2.33 bits per heavy atom. The van der Waals surface area contributed by atoms with Crippen molar-refractivity contribution in [2.45, 2.75) is 59.4 Å². The summed E-state index contributed by atoms with van der Waals surface area (Å²) >= 11 is 0. The predicted molar refractivity (Wildman–Crippen MR) is 83.2 cm³/mol. The van der Waals surface area contributed by atoms with Gasteiger partial charge in [0.25, 0.3) is 0 Å². The Morgan fingerprint density at radius 2 is 1.86 bits per heavy atom. The Labute approximate surface area is 128 Å². The van der Waals surface area contributed by atoms with E-state index in [-0.39, 0.29) is 17.5 Å². The third-order valence-corrected chi connectivity index (χ3v) is 5.32. The molecule has 0 aromatic rings. The molecular formula is C16H30N2O3. The van der Waals surface area contributed by atoms with Crippen molar-refractivity contribution in [3.8, 4) is 0 Å². The number of carboxylic acids is 1. The molecule has 0 spiro atoms. The molecule has 2 amide bonds. The highest BCUT2D eigenvalue weighted by Gasteiger charge is 2.41. The van der Waals surface area contributed by atoms with Crippen LogP contribution >= 0.6 is 0 Å². The molecule has 0 aromatic heterocycles. The Hall–Kier alpha value is -1.26. The average molecular weight is 298 g/mol. The van der Waals surface area contributed by atoms with Gasteiger partial charge in [0, 0.05) is 25.7 Å². The zero-order valence-electron chi connectivity index (χ0n) is 14.3. The molecule has 1 aliphatic heterocycles. The fraction of sp³-hybridized carbons (Fsp3) is 0.875. The van der Waals surface area contributed by atoms with E-state index in [2.05, 4.69) is 6.92 Å².